The van der Waals surface area contributed by atoms with Gasteiger partial charge in [0.2, 0.25) is 0 Å². The zero-order valence-electron chi connectivity index (χ0n) is 8.50. The lowest BCUT2D eigenvalue weighted by atomic mass is 9.90. The Hall–Kier alpha value is -0.700. The molecule has 0 bridgehead atoms. The lowest BCUT2D eigenvalue weighted by Gasteiger charge is -2.22. The van der Waals surface area contributed by atoms with Gasteiger partial charge in [-0.15, -0.1) is 0 Å². The van der Waals surface area contributed by atoms with E-state index in [0.29, 0.717) is 0 Å². The van der Waals surface area contributed by atoms with Gasteiger partial charge in [-0.2, -0.15) is 10.2 Å². The molecule has 3 rings (SSSR count). The topological polar surface area (TPSA) is 36.8 Å². The highest BCUT2D eigenvalue weighted by atomic mass is 15.2. The van der Waals surface area contributed by atoms with Gasteiger partial charge in [-0.3, -0.25) is 0 Å². The van der Waals surface area contributed by atoms with E-state index in [9.17, 15) is 0 Å². The van der Waals surface area contributed by atoms with Crippen LogP contribution in [0.15, 0.2) is 10.2 Å². The summed E-state index contributed by atoms with van der Waals surface area (Å²) in [6.07, 6.45) is 6.32. The van der Waals surface area contributed by atoms with Crippen molar-refractivity contribution in [1.82, 2.24) is 5.32 Å². The molecule has 14 heavy (non-hydrogen) atoms. The van der Waals surface area contributed by atoms with Crippen LogP contribution in [0.1, 0.15) is 32.1 Å². The second-order valence-electron chi connectivity index (χ2n) is 4.66. The molecule has 0 radical (unpaired) electrons. The zero-order chi connectivity index (χ0) is 9.38. The molecule has 0 unspecified atom stereocenters. The minimum atomic E-state index is 0.719. The summed E-state index contributed by atoms with van der Waals surface area (Å²) in [7, 11) is 0. The average molecular weight is 191 g/mol. The first kappa shape index (κ1) is 8.60. The fourth-order valence-electron chi connectivity index (χ4n) is 2.41. The molecule has 3 aliphatic rings. The molecule has 1 saturated heterocycles. The maximum Gasteiger partial charge on any atom is 0.0494 e. The Morgan fingerprint density at radius 2 is 1.43 bits per heavy atom. The fraction of sp³-hybridized carbons (Fsp3) is 0.818. The van der Waals surface area contributed by atoms with Crippen LogP contribution in [-0.4, -0.2) is 24.5 Å². The standard InChI is InChI=1S/C11H17N3/c1-2-8(1)10-7-11(14-13-10)9-3-5-12-6-4-9/h8-9,12H,1-7H2. The molecule has 0 amide bonds. The summed E-state index contributed by atoms with van der Waals surface area (Å²) in [5.41, 5.74) is 2.74. The largest absolute Gasteiger partial charge is 0.317 e. The van der Waals surface area contributed by atoms with Crippen LogP contribution in [0.2, 0.25) is 0 Å². The molecule has 0 aromatic rings. The van der Waals surface area contributed by atoms with Gasteiger partial charge >= 0.3 is 0 Å². The maximum absolute atomic E-state index is 4.38. The smallest absolute Gasteiger partial charge is 0.0494 e. The van der Waals surface area contributed by atoms with Crippen LogP contribution in [-0.2, 0) is 0 Å². The third-order valence-corrected chi connectivity index (χ3v) is 3.53. The van der Waals surface area contributed by atoms with E-state index in [2.05, 4.69) is 15.5 Å². The quantitative estimate of drug-likeness (QED) is 0.707. The number of hydrogen-bond donors (Lipinski definition) is 1. The molecule has 2 fully saturated rings. The fourth-order valence-corrected chi connectivity index (χ4v) is 2.41. The van der Waals surface area contributed by atoms with Crippen LogP contribution in [0.25, 0.3) is 0 Å². The van der Waals surface area contributed by atoms with Crippen LogP contribution in [0.4, 0.5) is 0 Å². The van der Waals surface area contributed by atoms with Crippen molar-refractivity contribution in [2.24, 2.45) is 22.0 Å². The number of hydrogen-bond acceptors (Lipinski definition) is 3. The number of rotatable bonds is 2. The number of nitrogens with one attached hydrogen (secondary N) is 1. The predicted octanol–water partition coefficient (Wildman–Crippen LogP) is 1.60. The molecule has 0 aromatic heterocycles. The highest BCUT2D eigenvalue weighted by molar-refractivity contribution is 6.09. The van der Waals surface area contributed by atoms with E-state index in [-0.39, 0.29) is 0 Å². The Balaban J connectivity index is 1.59. The predicted molar refractivity (Wildman–Crippen MR) is 57.8 cm³/mol. The highest BCUT2D eigenvalue weighted by Gasteiger charge is 2.32. The van der Waals surface area contributed by atoms with E-state index < -0.39 is 0 Å². The van der Waals surface area contributed by atoms with Crippen LogP contribution < -0.4 is 5.32 Å². The van der Waals surface area contributed by atoms with Crippen molar-refractivity contribution in [1.29, 1.82) is 0 Å². The molecule has 1 saturated carbocycles. The van der Waals surface area contributed by atoms with Gasteiger partial charge < -0.3 is 5.32 Å². The Morgan fingerprint density at radius 3 is 2.00 bits per heavy atom. The summed E-state index contributed by atoms with van der Waals surface area (Å²) in [5.74, 6) is 1.52. The molecule has 3 nitrogen and oxygen atoms in total. The second-order valence-corrected chi connectivity index (χ2v) is 4.66. The lowest BCUT2D eigenvalue weighted by molar-refractivity contribution is 0.454. The van der Waals surface area contributed by atoms with E-state index in [1.165, 1.54) is 37.1 Å². The van der Waals surface area contributed by atoms with E-state index in [1.807, 2.05) is 0 Å². The Morgan fingerprint density at radius 1 is 0.857 bits per heavy atom. The monoisotopic (exact) mass is 191 g/mol. The number of nitrogens with zero attached hydrogens (tertiary/aromatic N) is 2. The van der Waals surface area contributed by atoms with E-state index >= 15 is 0 Å². The Labute approximate surface area is 84.7 Å². The van der Waals surface area contributed by atoms with Crippen LogP contribution >= 0.6 is 0 Å². The average Bonchev–Trinajstić information content (AvgIpc) is 2.98. The normalized spacial score (nSPS) is 28.9. The van der Waals surface area contributed by atoms with E-state index in [1.54, 1.807) is 0 Å². The van der Waals surface area contributed by atoms with Gasteiger partial charge in [0, 0.05) is 23.8 Å². The lowest BCUT2D eigenvalue weighted by Crippen LogP contribution is -2.31. The summed E-state index contributed by atoms with van der Waals surface area (Å²) in [6, 6.07) is 0. The molecule has 0 aromatic carbocycles. The van der Waals surface area contributed by atoms with Gasteiger partial charge in [0.1, 0.15) is 0 Å². The first-order chi connectivity index (χ1) is 6.93. The molecule has 2 aliphatic heterocycles. The van der Waals surface area contributed by atoms with Gasteiger partial charge in [-0.1, -0.05) is 0 Å². The van der Waals surface area contributed by atoms with E-state index in [4.69, 9.17) is 0 Å². The zero-order valence-corrected chi connectivity index (χ0v) is 8.50. The maximum atomic E-state index is 4.38. The molecule has 2 heterocycles. The van der Waals surface area contributed by atoms with Crippen LogP contribution in [0.5, 0.6) is 0 Å². The molecule has 3 heteroatoms. The summed E-state index contributed by atoms with van der Waals surface area (Å²) >= 11 is 0. The number of piperidine rings is 1. The first-order valence-corrected chi connectivity index (χ1v) is 5.77. The van der Waals surface area contributed by atoms with Gasteiger partial charge in [0.25, 0.3) is 0 Å². The highest BCUT2D eigenvalue weighted by Crippen LogP contribution is 2.34. The van der Waals surface area contributed by atoms with Gasteiger partial charge in [-0.25, -0.2) is 0 Å². The summed E-state index contributed by atoms with van der Waals surface area (Å²) in [6.45, 7) is 2.31. The molecule has 1 aliphatic carbocycles. The van der Waals surface area contributed by atoms with Gasteiger partial charge in [-0.05, 0) is 44.7 Å². The minimum absolute atomic E-state index is 0.719. The molecule has 0 atom stereocenters. The van der Waals surface area contributed by atoms with Crippen molar-refractivity contribution >= 4 is 11.4 Å². The summed E-state index contributed by atoms with van der Waals surface area (Å²) < 4.78 is 0. The molecular weight excluding hydrogens is 174 g/mol. The van der Waals surface area contributed by atoms with Gasteiger partial charge in [0.05, 0.1) is 0 Å². The molecular formula is C11H17N3. The van der Waals surface area contributed by atoms with Gasteiger partial charge in [0.15, 0.2) is 0 Å². The van der Waals surface area contributed by atoms with Crippen molar-refractivity contribution in [2.75, 3.05) is 13.1 Å². The minimum Gasteiger partial charge on any atom is -0.317 e. The first-order valence-electron chi connectivity index (χ1n) is 5.77. The SMILES string of the molecule is C1CC(C2=NN=C(C3CC3)C2)CCN1. The third kappa shape index (κ3) is 1.61. The van der Waals surface area contributed by atoms with Crippen molar-refractivity contribution < 1.29 is 0 Å². The molecule has 0 spiro atoms. The Bertz CT molecular complexity index is 283. The van der Waals surface area contributed by atoms with Crippen molar-refractivity contribution in [3.05, 3.63) is 0 Å². The molecule has 1 N–H and O–H groups in total. The Kier molecular flexibility index (Phi) is 2.13. The van der Waals surface area contributed by atoms with Crippen LogP contribution in [0, 0.1) is 11.8 Å². The van der Waals surface area contributed by atoms with E-state index in [0.717, 1.165) is 31.3 Å². The van der Waals surface area contributed by atoms with Crippen molar-refractivity contribution in [3.63, 3.8) is 0 Å². The second kappa shape index (κ2) is 3.46. The summed E-state index contributed by atoms with van der Waals surface area (Å²) in [5, 5.41) is 12.1. The van der Waals surface area contributed by atoms with Crippen molar-refractivity contribution in [3.8, 4) is 0 Å². The third-order valence-electron chi connectivity index (χ3n) is 3.53. The van der Waals surface area contributed by atoms with Crippen molar-refractivity contribution in [2.45, 2.75) is 32.1 Å². The van der Waals surface area contributed by atoms with Crippen LogP contribution in [0.3, 0.4) is 0 Å². The molecule has 76 valence electrons. The summed E-state index contributed by atoms with van der Waals surface area (Å²) in [4.78, 5) is 0.